The molecule has 1 aliphatic rings. The van der Waals surface area contributed by atoms with Crippen LogP contribution in [0, 0.1) is 0 Å². The fourth-order valence-corrected chi connectivity index (χ4v) is 2.80. The standard InChI is InChI=1S/C14H20N6O/c1-3-14-15-4-10(5-16-14)7-20-8-11(13(9-20)21-2)12-6-17-19-18-12/h4-6,11,13H,3,7-9H2,1-2H3,(H,17,18,19)/t11-,13+/m0/s1. The van der Waals surface area contributed by atoms with Gasteiger partial charge >= 0.3 is 0 Å². The maximum atomic E-state index is 5.60. The summed E-state index contributed by atoms with van der Waals surface area (Å²) in [5, 5.41) is 10.8. The first kappa shape index (κ1) is 14.1. The summed E-state index contributed by atoms with van der Waals surface area (Å²) >= 11 is 0. The third-order valence-corrected chi connectivity index (χ3v) is 3.94. The number of ether oxygens (including phenoxy) is 1. The van der Waals surface area contributed by atoms with Crippen LogP contribution < -0.4 is 0 Å². The molecule has 0 radical (unpaired) electrons. The van der Waals surface area contributed by atoms with Crippen molar-refractivity contribution in [2.24, 2.45) is 0 Å². The predicted octanol–water partition coefficient (Wildman–Crippen LogP) is 0.771. The van der Waals surface area contributed by atoms with E-state index in [0.717, 1.165) is 43.1 Å². The summed E-state index contributed by atoms with van der Waals surface area (Å²) in [6.07, 6.45) is 6.61. The Labute approximate surface area is 123 Å². The summed E-state index contributed by atoms with van der Waals surface area (Å²) in [4.78, 5) is 11.0. The second-order valence-corrected chi connectivity index (χ2v) is 5.33. The Kier molecular flexibility index (Phi) is 4.21. The molecule has 21 heavy (non-hydrogen) atoms. The lowest BCUT2D eigenvalue weighted by Gasteiger charge is -2.14. The third-order valence-electron chi connectivity index (χ3n) is 3.94. The normalized spacial score (nSPS) is 22.8. The van der Waals surface area contributed by atoms with Crippen molar-refractivity contribution in [3.63, 3.8) is 0 Å². The van der Waals surface area contributed by atoms with Gasteiger partial charge in [0.1, 0.15) is 5.82 Å². The van der Waals surface area contributed by atoms with E-state index in [4.69, 9.17) is 4.74 Å². The number of likely N-dealkylation sites (tertiary alicyclic amines) is 1. The van der Waals surface area contributed by atoms with Gasteiger partial charge in [0.2, 0.25) is 0 Å². The van der Waals surface area contributed by atoms with Crippen LogP contribution in [0.25, 0.3) is 0 Å². The van der Waals surface area contributed by atoms with Crippen molar-refractivity contribution in [2.75, 3.05) is 20.2 Å². The largest absolute Gasteiger partial charge is 0.379 e. The highest BCUT2D eigenvalue weighted by molar-refractivity contribution is 5.12. The van der Waals surface area contributed by atoms with E-state index in [1.807, 2.05) is 12.4 Å². The summed E-state index contributed by atoms with van der Waals surface area (Å²) < 4.78 is 5.60. The lowest BCUT2D eigenvalue weighted by atomic mass is 10.0. The Morgan fingerprint density at radius 3 is 2.71 bits per heavy atom. The molecule has 3 rings (SSSR count). The fourth-order valence-electron chi connectivity index (χ4n) is 2.80. The first-order valence-corrected chi connectivity index (χ1v) is 7.20. The molecule has 0 saturated carbocycles. The Bertz CT molecular complexity index is 555. The van der Waals surface area contributed by atoms with Gasteiger partial charge in [-0.1, -0.05) is 6.92 Å². The SMILES string of the molecule is CCc1ncc(CN2C[C@@H](OC)[C@H](c3cn[nH]n3)C2)cn1. The van der Waals surface area contributed by atoms with Crippen molar-refractivity contribution < 1.29 is 4.74 Å². The molecule has 0 amide bonds. The molecule has 2 aromatic rings. The van der Waals surface area contributed by atoms with Gasteiger partial charge in [-0.05, 0) is 0 Å². The van der Waals surface area contributed by atoms with Crippen molar-refractivity contribution in [1.29, 1.82) is 0 Å². The molecule has 0 unspecified atom stereocenters. The van der Waals surface area contributed by atoms with Crippen LogP contribution in [0.1, 0.15) is 29.9 Å². The number of hydrogen-bond donors (Lipinski definition) is 1. The van der Waals surface area contributed by atoms with Crippen LogP contribution in [0.15, 0.2) is 18.6 Å². The topological polar surface area (TPSA) is 79.8 Å². The average Bonchev–Trinajstić information content (AvgIpc) is 3.16. The van der Waals surface area contributed by atoms with Crippen LogP contribution in [0.5, 0.6) is 0 Å². The number of rotatable bonds is 5. The van der Waals surface area contributed by atoms with E-state index in [-0.39, 0.29) is 12.0 Å². The summed E-state index contributed by atoms with van der Waals surface area (Å²) in [6.45, 7) is 4.67. The molecule has 7 nitrogen and oxygen atoms in total. The zero-order valence-electron chi connectivity index (χ0n) is 12.4. The second-order valence-electron chi connectivity index (χ2n) is 5.33. The minimum Gasteiger partial charge on any atom is -0.379 e. The lowest BCUT2D eigenvalue weighted by Crippen LogP contribution is -2.22. The average molecular weight is 288 g/mol. The minimum atomic E-state index is 0.144. The molecule has 1 aliphatic heterocycles. The van der Waals surface area contributed by atoms with Crippen molar-refractivity contribution in [2.45, 2.75) is 31.9 Å². The van der Waals surface area contributed by atoms with Crippen molar-refractivity contribution >= 4 is 0 Å². The van der Waals surface area contributed by atoms with Gasteiger partial charge in [-0.3, -0.25) is 4.90 Å². The van der Waals surface area contributed by atoms with E-state index in [2.05, 4.69) is 37.2 Å². The van der Waals surface area contributed by atoms with Gasteiger partial charge < -0.3 is 4.74 Å². The maximum absolute atomic E-state index is 5.60. The fraction of sp³-hybridized carbons (Fsp3) is 0.571. The van der Waals surface area contributed by atoms with E-state index >= 15 is 0 Å². The molecule has 1 saturated heterocycles. The van der Waals surface area contributed by atoms with Gasteiger partial charge in [-0.2, -0.15) is 15.4 Å². The van der Waals surface area contributed by atoms with Gasteiger partial charge in [0, 0.05) is 57.0 Å². The molecule has 112 valence electrons. The van der Waals surface area contributed by atoms with Gasteiger partial charge in [-0.15, -0.1) is 0 Å². The molecule has 2 atom stereocenters. The molecule has 3 heterocycles. The zero-order chi connectivity index (χ0) is 14.7. The smallest absolute Gasteiger partial charge is 0.127 e. The van der Waals surface area contributed by atoms with Crippen LogP contribution in [-0.2, 0) is 17.7 Å². The molecule has 1 fully saturated rings. The van der Waals surface area contributed by atoms with Gasteiger partial charge in [0.15, 0.2) is 0 Å². The van der Waals surface area contributed by atoms with Gasteiger partial charge in [0.05, 0.1) is 18.0 Å². The van der Waals surface area contributed by atoms with Crippen LogP contribution in [0.4, 0.5) is 0 Å². The first-order chi connectivity index (χ1) is 10.3. The van der Waals surface area contributed by atoms with Crippen LogP contribution >= 0.6 is 0 Å². The number of nitrogens with one attached hydrogen (secondary N) is 1. The molecule has 0 bridgehead atoms. The van der Waals surface area contributed by atoms with Crippen molar-refractivity contribution in [1.82, 2.24) is 30.3 Å². The first-order valence-electron chi connectivity index (χ1n) is 7.20. The quantitative estimate of drug-likeness (QED) is 0.875. The lowest BCUT2D eigenvalue weighted by molar-refractivity contribution is 0.0957. The summed E-state index contributed by atoms with van der Waals surface area (Å²) in [6, 6.07) is 0. The van der Waals surface area contributed by atoms with Crippen LogP contribution in [0.3, 0.4) is 0 Å². The van der Waals surface area contributed by atoms with Crippen LogP contribution in [-0.4, -0.2) is 56.6 Å². The van der Waals surface area contributed by atoms with Gasteiger partial charge in [0.25, 0.3) is 0 Å². The molecule has 0 aliphatic carbocycles. The van der Waals surface area contributed by atoms with E-state index in [0.29, 0.717) is 0 Å². The number of aromatic nitrogens is 5. The Balaban J connectivity index is 1.66. The Morgan fingerprint density at radius 2 is 2.10 bits per heavy atom. The molecule has 2 aromatic heterocycles. The summed E-state index contributed by atoms with van der Waals surface area (Å²) in [5.74, 6) is 1.14. The molecule has 0 aromatic carbocycles. The molecule has 0 spiro atoms. The number of aromatic amines is 1. The molecule has 7 heteroatoms. The summed E-state index contributed by atoms with van der Waals surface area (Å²) in [7, 11) is 1.75. The number of methoxy groups -OCH3 is 1. The molecular weight excluding hydrogens is 268 g/mol. The van der Waals surface area contributed by atoms with E-state index in [9.17, 15) is 0 Å². The number of aryl methyl sites for hydroxylation is 1. The second kappa shape index (κ2) is 6.28. The number of nitrogens with zero attached hydrogens (tertiary/aromatic N) is 5. The summed E-state index contributed by atoms with van der Waals surface area (Å²) in [5.41, 5.74) is 2.09. The zero-order valence-corrected chi connectivity index (χ0v) is 12.4. The minimum absolute atomic E-state index is 0.144. The Morgan fingerprint density at radius 1 is 1.29 bits per heavy atom. The maximum Gasteiger partial charge on any atom is 0.127 e. The van der Waals surface area contributed by atoms with Crippen molar-refractivity contribution in [3.05, 3.63) is 35.7 Å². The van der Waals surface area contributed by atoms with Crippen molar-refractivity contribution in [3.8, 4) is 0 Å². The molecule has 1 N–H and O–H groups in total. The number of hydrogen-bond acceptors (Lipinski definition) is 6. The van der Waals surface area contributed by atoms with E-state index in [1.165, 1.54) is 0 Å². The van der Waals surface area contributed by atoms with E-state index < -0.39 is 0 Å². The Hall–Kier alpha value is -1.86. The number of H-pyrrole nitrogens is 1. The highest BCUT2D eigenvalue weighted by Crippen LogP contribution is 2.28. The monoisotopic (exact) mass is 288 g/mol. The highest BCUT2D eigenvalue weighted by atomic mass is 16.5. The third kappa shape index (κ3) is 3.08. The van der Waals surface area contributed by atoms with Crippen LogP contribution in [0.2, 0.25) is 0 Å². The highest BCUT2D eigenvalue weighted by Gasteiger charge is 2.35. The van der Waals surface area contributed by atoms with Gasteiger partial charge in [-0.25, -0.2) is 9.97 Å². The molecular formula is C14H20N6O. The van der Waals surface area contributed by atoms with E-state index in [1.54, 1.807) is 13.3 Å². The predicted molar refractivity (Wildman–Crippen MR) is 76.6 cm³/mol.